The zero-order chi connectivity index (χ0) is 12.3. The van der Waals surface area contributed by atoms with Gasteiger partial charge >= 0.3 is 0 Å². The molecule has 17 heavy (non-hydrogen) atoms. The van der Waals surface area contributed by atoms with Gasteiger partial charge in [0.2, 0.25) is 0 Å². The average molecular weight is 231 g/mol. The first-order chi connectivity index (χ1) is 8.16. The highest BCUT2D eigenvalue weighted by atomic mass is 14.6. The molecule has 1 saturated carbocycles. The van der Waals surface area contributed by atoms with Gasteiger partial charge < -0.3 is 5.73 Å². The number of nitrogens with two attached hydrogens (primary N) is 1. The van der Waals surface area contributed by atoms with Crippen molar-refractivity contribution < 1.29 is 0 Å². The molecule has 2 N–H and O–H groups in total. The lowest BCUT2D eigenvalue weighted by Crippen LogP contribution is -2.14. The van der Waals surface area contributed by atoms with E-state index in [9.17, 15) is 0 Å². The fourth-order valence-corrected chi connectivity index (χ4v) is 2.87. The lowest BCUT2D eigenvalue weighted by Gasteiger charge is -2.17. The fourth-order valence-electron chi connectivity index (χ4n) is 2.87. The van der Waals surface area contributed by atoms with Crippen LogP contribution in [-0.2, 0) is 0 Å². The number of hydrogen-bond donors (Lipinski definition) is 1. The minimum absolute atomic E-state index is 0.235. The molecule has 0 amide bonds. The van der Waals surface area contributed by atoms with Crippen LogP contribution in [0, 0.1) is 5.92 Å². The van der Waals surface area contributed by atoms with Crippen LogP contribution >= 0.6 is 0 Å². The van der Waals surface area contributed by atoms with E-state index in [1.54, 1.807) is 0 Å². The van der Waals surface area contributed by atoms with E-state index >= 15 is 0 Å². The summed E-state index contributed by atoms with van der Waals surface area (Å²) in [4.78, 5) is 0. The summed E-state index contributed by atoms with van der Waals surface area (Å²) in [5, 5.41) is 0. The lowest BCUT2D eigenvalue weighted by atomic mass is 9.93. The third-order valence-electron chi connectivity index (χ3n) is 4.09. The molecule has 2 rings (SSSR count). The molecule has 1 unspecified atom stereocenters. The van der Waals surface area contributed by atoms with Crippen LogP contribution in [0.25, 0.3) is 0 Å². The molecule has 1 aliphatic carbocycles. The Bertz CT molecular complexity index is 333. The molecule has 0 spiro atoms. The second-order valence-electron chi connectivity index (χ2n) is 5.81. The fraction of sp³-hybridized carbons (Fsp3) is 0.625. The largest absolute Gasteiger partial charge is 0.324 e. The first-order valence-corrected chi connectivity index (χ1v) is 7.02. The van der Waals surface area contributed by atoms with Crippen LogP contribution in [0.2, 0.25) is 0 Å². The highest BCUT2D eigenvalue weighted by Crippen LogP contribution is 2.32. The summed E-state index contributed by atoms with van der Waals surface area (Å²) in [6, 6.07) is 9.13. The molecule has 0 bridgehead atoms. The van der Waals surface area contributed by atoms with Crippen molar-refractivity contribution in [1.82, 2.24) is 0 Å². The monoisotopic (exact) mass is 231 g/mol. The van der Waals surface area contributed by atoms with Crippen molar-refractivity contribution in [2.24, 2.45) is 11.7 Å². The molecule has 1 atom stereocenters. The topological polar surface area (TPSA) is 26.0 Å². The van der Waals surface area contributed by atoms with Crippen LogP contribution in [0.15, 0.2) is 24.3 Å². The summed E-state index contributed by atoms with van der Waals surface area (Å²) in [6.45, 7) is 4.46. The van der Waals surface area contributed by atoms with Crippen LogP contribution in [0.5, 0.6) is 0 Å². The summed E-state index contributed by atoms with van der Waals surface area (Å²) in [5.41, 5.74) is 9.01. The van der Waals surface area contributed by atoms with Gasteiger partial charge in [-0.05, 0) is 29.4 Å². The summed E-state index contributed by atoms with van der Waals surface area (Å²) in [7, 11) is 0. The summed E-state index contributed by atoms with van der Waals surface area (Å²) in [5.74, 6) is 1.48. The third kappa shape index (κ3) is 3.32. The molecular weight excluding hydrogens is 206 g/mol. The Morgan fingerprint density at radius 3 is 2.12 bits per heavy atom. The minimum Gasteiger partial charge on any atom is -0.324 e. The van der Waals surface area contributed by atoms with E-state index in [-0.39, 0.29) is 6.04 Å². The van der Waals surface area contributed by atoms with Crippen LogP contribution in [-0.4, -0.2) is 0 Å². The van der Waals surface area contributed by atoms with Crippen LogP contribution < -0.4 is 5.73 Å². The van der Waals surface area contributed by atoms with E-state index in [1.165, 1.54) is 43.2 Å². The third-order valence-corrected chi connectivity index (χ3v) is 4.09. The molecule has 0 aliphatic heterocycles. The van der Waals surface area contributed by atoms with Gasteiger partial charge in [-0.3, -0.25) is 0 Å². The van der Waals surface area contributed by atoms with Gasteiger partial charge in [0, 0.05) is 6.04 Å². The predicted molar refractivity (Wildman–Crippen MR) is 74.0 cm³/mol. The number of hydrogen-bond acceptors (Lipinski definition) is 1. The zero-order valence-corrected chi connectivity index (χ0v) is 11.2. The van der Waals surface area contributed by atoms with Gasteiger partial charge in [-0.25, -0.2) is 0 Å². The highest BCUT2D eigenvalue weighted by Gasteiger charge is 2.18. The minimum atomic E-state index is 0.235. The lowest BCUT2D eigenvalue weighted by molar-refractivity contribution is 0.451. The van der Waals surface area contributed by atoms with Crippen LogP contribution in [0.4, 0.5) is 0 Å². The molecule has 1 fully saturated rings. The van der Waals surface area contributed by atoms with Crippen molar-refractivity contribution in [1.29, 1.82) is 0 Å². The molecule has 94 valence electrons. The zero-order valence-electron chi connectivity index (χ0n) is 11.2. The van der Waals surface area contributed by atoms with Gasteiger partial charge in [0.15, 0.2) is 0 Å². The van der Waals surface area contributed by atoms with Crippen molar-refractivity contribution in [3.8, 4) is 0 Å². The average Bonchev–Trinajstić information content (AvgIpc) is 2.82. The Kier molecular flexibility index (Phi) is 4.22. The summed E-state index contributed by atoms with van der Waals surface area (Å²) in [6.07, 6.45) is 6.75. The maximum Gasteiger partial charge on any atom is 0.0297 e. The van der Waals surface area contributed by atoms with Gasteiger partial charge in [0.05, 0.1) is 0 Å². The predicted octanol–water partition coefficient (Wildman–Crippen LogP) is 4.39. The molecule has 1 aliphatic rings. The molecule has 0 saturated heterocycles. The van der Waals surface area contributed by atoms with Crippen molar-refractivity contribution in [2.45, 2.75) is 57.9 Å². The molecule has 0 heterocycles. The smallest absolute Gasteiger partial charge is 0.0297 e. The van der Waals surface area contributed by atoms with Crippen molar-refractivity contribution in [3.63, 3.8) is 0 Å². The Morgan fingerprint density at radius 1 is 1.06 bits per heavy atom. The maximum absolute atomic E-state index is 6.30. The molecule has 1 aromatic carbocycles. The Balaban J connectivity index is 1.96. The van der Waals surface area contributed by atoms with E-state index in [0.717, 1.165) is 5.92 Å². The Morgan fingerprint density at radius 2 is 1.59 bits per heavy atom. The second-order valence-corrected chi connectivity index (χ2v) is 5.81. The van der Waals surface area contributed by atoms with Crippen molar-refractivity contribution in [2.75, 3.05) is 0 Å². The Hall–Kier alpha value is -0.820. The molecule has 1 aromatic rings. The van der Waals surface area contributed by atoms with E-state index in [2.05, 4.69) is 38.1 Å². The molecule has 0 aromatic heterocycles. The van der Waals surface area contributed by atoms with Crippen LogP contribution in [0.1, 0.15) is 69.0 Å². The Labute approximate surface area is 105 Å². The first kappa shape index (κ1) is 12.6. The first-order valence-electron chi connectivity index (χ1n) is 7.02. The number of rotatable bonds is 4. The van der Waals surface area contributed by atoms with Gasteiger partial charge in [0.25, 0.3) is 0 Å². The number of benzene rings is 1. The van der Waals surface area contributed by atoms with Crippen molar-refractivity contribution in [3.05, 3.63) is 35.4 Å². The highest BCUT2D eigenvalue weighted by molar-refractivity contribution is 5.26. The molecule has 1 heteroatoms. The molecular formula is C16H25N. The van der Waals surface area contributed by atoms with Crippen molar-refractivity contribution >= 4 is 0 Å². The quantitative estimate of drug-likeness (QED) is 0.817. The van der Waals surface area contributed by atoms with Gasteiger partial charge in [0.1, 0.15) is 0 Å². The molecule has 0 radical (unpaired) electrons. The standard InChI is InChI=1S/C16H25N/c1-12(2)14-7-9-15(10-8-14)16(17)11-13-5-3-4-6-13/h7-10,12-13,16H,3-6,11,17H2,1-2H3. The van der Waals surface area contributed by atoms with Gasteiger partial charge in [-0.15, -0.1) is 0 Å². The molecule has 1 nitrogen and oxygen atoms in total. The van der Waals surface area contributed by atoms with Crippen LogP contribution in [0.3, 0.4) is 0 Å². The van der Waals surface area contributed by atoms with E-state index < -0.39 is 0 Å². The van der Waals surface area contributed by atoms with E-state index in [0.29, 0.717) is 5.92 Å². The SMILES string of the molecule is CC(C)c1ccc(C(N)CC2CCCC2)cc1. The summed E-state index contributed by atoms with van der Waals surface area (Å²) >= 11 is 0. The second kappa shape index (κ2) is 5.68. The maximum atomic E-state index is 6.30. The van der Waals surface area contributed by atoms with E-state index in [4.69, 9.17) is 5.73 Å². The van der Waals surface area contributed by atoms with E-state index in [1.807, 2.05) is 0 Å². The summed E-state index contributed by atoms with van der Waals surface area (Å²) < 4.78 is 0. The normalized spacial score (nSPS) is 18.8. The van der Waals surface area contributed by atoms with Gasteiger partial charge in [-0.2, -0.15) is 0 Å². The van der Waals surface area contributed by atoms with Gasteiger partial charge in [-0.1, -0.05) is 63.8 Å².